The van der Waals surface area contributed by atoms with Gasteiger partial charge in [0, 0.05) is 19.6 Å². The van der Waals surface area contributed by atoms with Gasteiger partial charge in [-0.25, -0.2) is 0 Å². The minimum absolute atomic E-state index is 0. The molecular weight excluding hydrogens is 392 g/mol. The van der Waals surface area contributed by atoms with E-state index < -0.39 is 0 Å². The summed E-state index contributed by atoms with van der Waals surface area (Å²) in [6.07, 6.45) is 3.54. The molecule has 142 valence electrons. The zero-order valence-corrected chi connectivity index (χ0v) is 17.7. The molecule has 1 fully saturated rings. The number of nitrogens with zero attached hydrogens (tertiary/aromatic N) is 1. The maximum absolute atomic E-state index is 2.61. The van der Waals surface area contributed by atoms with Crippen LogP contribution in [0, 0.1) is 0 Å². The van der Waals surface area contributed by atoms with Crippen LogP contribution in [0.1, 0.15) is 17.5 Å². The first-order chi connectivity index (χ1) is 12.9. The Balaban J connectivity index is 0.00000210. The van der Waals surface area contributed by atoms with E-state index in [1.165, 1.54) is 48.6 Å². The Labute approximate surface area is 176 Å². The predicted octanol–water partition coefficient (Wildman–Crippen LogP) is 1.17. The zero-order valence-electron chi connectivity index (χ0n) is 15.3. The van der Waals surface area contributed by atoms with Crippen LogP contribution < -0.4 is 17.3 Å². The van der Waals surface area contributed by atoms with Gasteiger partial charge in [-0.3, -0.25) is 4.90 Å². The average molecular weight is 417 g/mol. The highest BCUT2D eigenvalue weighted by Gasteiger charge is 2.20. The number of hydrogen-bond donors (Lipinski definition) is 1. The lowest BCUT2D eigenvalue weighted by Gasteiger charge is -2.31. The number of thiophene rings is 2. The third-order valence-corrected chi connectivity index (χ3v) is 6.47. The Morgan fingerprint density at radius 3 is 2.11 bits per heavy atom. The van der Waals surface area contributed by atoms with E-state index in [1.807, 2.05) is 0 Å². The highest BCUT2D eigenvalue weighted by molar-refractivity contribution is 7.08. The van der Waals surface area contributed by atoms with Gasteiger partial charge in [-0.2, -0.15) is 22.7 Å². The summed E-state index contributed by atoms with van der Waals surface area (Å²) in [7, 11) is 0. The molecule has 27 heavy (non-hydrogen) atoms. The van der Waals surface area contributed by atoms with Gasteiger partial charge < -0.3 is 17.3 Å². The fourth-order valence-electron chi connectivity index (χ4n) is 3.64. The van der Waals surface area contributed by atoms with E-state index in [0.29, 0.717) is 0 Å². The lowest BCUT2D eigenvalue weighted by molar-refractivity contribution is -0.838. The molecule has 2 nitrogen and oxygen atoms in total. The summed E-state index contributed by atoms with van der Waals surface area (Å²) in [5, 5.41) is 8.85. The Bertz CT molecular complexity index is 769. The van der Waals surface area contributed by atoms with E-state index in [1.54, 1.807) is 27.6 Å². The molecule has 1 aliphatic heterocycles. The van der Waals surface area contributed by atoms with Crippen LogP contribution in [0.25, 0.3) is 5.57 Å². The minimum atomic E-state index is 0. The minimum Gasteiger partial charge on any atom is -1.00 e. The second-order valence-electron chi connectivity index (χ2n) is 6.74. The van der Waals surface area contributed by atoms with Gasteiger partial charge in [0.05, 0.1) is 13.1 Å². The standard InChI is InChI=1S/C22H24N2S2.ClH/c1-2-5-21(6-3-1)24-13-11-23(12-14-24)10-4-7-22(19-8-15-25-17-19)20-9-16-26-18-20;/h1-3,5-9,15-18H,4,10-14H2;1H. The topological polar surface area (TPSA) is 7.68 Å². The fourth-order valence-corrected chi connectivity index (χ4v) is 4.95. The lowest BCUT2D eigenvalue weighted by Crippen LogP contribution is -3.10. The molecule has 3 heterocycles. The number of rotatable bonds is 6. The summed E-state index contributed by atoms with van der Waals surface area (Å²) in [4.78, 5) is 4.23. The number of quaternary nitrogens is 1. The van der Waals surface area contributed by atoms with Crippen LogP contribution in [0.4, 0.5) is 5.69 Å². The zero-order chi connectivity index (χ0) is 17.6. The molecule has 0 saturated carbocycles. The van der Waals surface area contributed by atoms with Crippen molar-refractivity contribution in [2.45, 2.75) is 6.42 Å². The molecule has 0 amide bonds. The number of halogens is 1. The second kappa shape index (κ2) is 10.2. The number of benzene rings is 1. The highest BCUT2D eigenvalue weighted by atomic mass is 35.5. The van der Waals surface area contributed by atoms with Crippen LogP contribution in [0.2, 0.25) is 0 Å². The lowest BCUT2D eigenvalue weighted by atomic mass is 10.0. The van der Waals surface area contributed by atoms with E-state index in [0.717, 1.165) is 13.0 Å². The Hall–Kier alpha value is -1.43. The molecule has 1 aliphatic rings. The first-order valence-corrected chi connectivity index (χ1v) is 11.2. The van der Waals surface area contributed by atoms with Crippen molar-refractivity contribution in [1.82, 2.24) is 4.90 Å². The van der Waals surface area contributed by atoms with Crippen LogP contribution in [0.15, 0.2) is 70.1 Å². The number of nitrogens with one attached hydrogen (secondary N) is 1. The van der Waals surface area contributed by atoms with Gasteiger partial charge in [0.1, 0.15) is 5.69 Å². The first kappa shape index (κ1) is 20.3. The average Bonchev–Trinajstić information content (AvgIpc) is 3.41. The largest absolute Gasteiger partial charge is 1.00 e. The molecule has 3 aromatic rings. The van der Waals surface area contributed by atoms with E-state index >= 15 is 0 Å². The molecule has 4 rings (SSSR count). The Morgan fingerprint density at radius 2 is 1.56 bits per heavy atom. The van der Waals surface area contributed by atoms with Gasteiger partial charge in [0.15, 0.2) is 0 Å². The molecule has 1 saturated heterocycles. The molecule has 0 spiro atoms. The predicted molar refractivity (Wildman–Crippen MR) is 114 cm³/mol. The van der Waals surface area contributed by atoms with Crippen LogP contribution in [0.3, 0.4) is 0 Å². The molecule has 2 aromatic heterocycles. The number of hydrogen-bond acceptors (Lipinski definition) is 3. The van der Waals surface area contributed by atoms with Gasteiger partial charge >= 0.3 is 0 Å². The van der Waals surface area contributed by atoms with Crippen molar-refractivity contribution in [1.29, 1.82) is 0 Å². The summed E-state index contributed by atoms with van der Waals surface area (Å²) < 4.78 is 0. The van der Waals surface area contributed by atoms with Crippen molar-refractivity contribution in [3.8, 4) is 0 Å². The van der Waals surface area contributed by atoms with E-state index in [-0.39, 0.29) is 12.4 Å². The maximum atomic E-state index is 2.61. The van der Waals surface area contributed by atoms with Gasteiger partial charge in [0.2, 0.25) is 0 Å². The third kappa shape index (κ3) is 5.31. The highest BCUT2D eigenvalue weighted by Crippen LogP contribution is 2.27. The summed E-state index contributed by atoms with van der Waals surface area (Å²) >= 11 is 3.55. The first-order valence-electron chi connectivity index (χ1n) is 9.28. The molecule has 1 aromatic carbocycles. The van der Waals surface area contributed by atoms with E-state index in [2.05, 4.69) is 75.0 Å². The van der Waals surface area contributed by atoms with Crippen molar-refractivity contribution in [2.75, 3.05) is 32.7 Å². The monoisotopic (exact) mass is 416 g/mol. The van der Waals surface area contributed by atoms with E-state index in [9.17, 15) is 0 Å². The molecule has 0 radical (unpaired) electrons. The molecule has 1 N–H and O–H groups in total. The van der Waals surface area contributed by atoms with Gasteiger partial charge in [0.25, 0.3) is 0 Å². The van der Waals surface area contributed by atoms with Gasteiger partial charge in [-0.05, 0) is 68.9 Å². The molecular formula is C22H25ClN2S2. The summed E-state index contributed by atoms with van der Waals surface area (Å²) in [6, 6.07) is 15.4. The van der Waals surface area contributed by atoms with Crippen LogP contribution in [0.5, 0.6) is 0 Å². The van der Waals surface area contributed by atoms with Gasteiger partial charge in [-0.1, -0.05) is 24.3 Å². The molecule has 0 aliphatic carbocycles. The fraction of sp³-hybridized carbons (Fsp3) is 0.273. The third-order valence-electron chi connectivity index (χ3n) is 5.10. The van der Waals surface area contributed by atoms with Crippen LogP contribution in [-0.4, -0.2) is 37.6 Å². The smallest absolute Gasteiger partial charge is 0.131 e. The van der Waals surface area contributed by atoms with Crippen molar-refractivity contribution in [3.05, 3.63) is 81.2 Å². The normalized spacial score (nSPS) is 15.3. The molecule has 0 atom stereocenters. The van der Waals surface area contributed by atoms with Crippen molar-refractivity contribution in [2.24, 2.45) is 0 Å². The van der Waals surface area contributed by atoms with Crippen molar-refractivity contribution in [3.63, 3.8) is 0 Å². The van der Waals surface area contributed by atoms with E-state index in [4.69, 9.17) is 0 Å². The molecule has 5 heteroatoms. The summed E-state index contributed by atoms with van der Waals surface area (Å²) in [5.74, 6) is 0. The summed E-state index contributed by atoms with van der Waals surface area (Å²) in [6.45, 7) is 5.93. The number of para-hydroxylation sites is 1. The van der Waals surface area contributed by atoms with Crippen molar-refractivity contribution >= 4 is 33.9 Å². The quantitative estimate of drug-likeness (QED) is 0.633. The van der Waals surface area contributed by atoms with Gasteiger partial charge in [-0.15, -0.1) is 0 Å². The SMILES string of the molecule is C(CCN1CC[NH+](c2ccccc2)CC1)=C(c1ccsc1)c1ccsc1.[Cl-]. The second-order valence-corrected chi connectivity index (χ2v) is 8.30. The summed E-state index contributed by atoms with van der Waals surface area (Å²) in [5.41, 5.74) is 5.53. The van der Waals surface area contributed by atoms with Crippen LogP contribution in [-0.2, 0) is 0 Å². The van der Waals surface area contributed by atoms with Crippen molar-refractivity contribution < 1.29 is 17.3 Å². The van der Waals surface area contributed by atoms with Crippen LogP contribution >= 0.6 is 22.7 Å². The Kier molecular flexibility index (Phi) is 7.68. The Morgan fingerprint density at radius 1 is 0.926 bits per heavy atom. The molecule has 0 unspecified atom stereocenters. The molecule has 0 bridgehead atoms. The number of piperazine rings is 1. The maximum Gasteiger partial charge on any atom is 0.131 e.